The molecule has 0 aromatic heterocycles. The van der Waals surface area contributed by atoms with Crippen molar-refractivity contribution >= 4 is 11.9 Å². The Morgan fingerprint density at radius 3 is 2.92 bits per heavy atom. The third-order valence-corrected chi connectivity index (χ3v) is 6.11. The molecule has 4 rings (SSSR count). The molecule has 2 fully saturated rings. The van der Waals surface area contributed by atoms with Crippen molar-refractivity contribution in [2.75, 3.05) is 26.3 Å². The molecule has 1 aromatic carbocycles. The Morgan fingerprint density at radius 2 is 2.12 bits per heavy atom. The van der Waals surface area contributed by atoms with Crippen LogP contribution in [-0.2, 0) is 20.7 Å². The maximum absolute atomic E-state index is 13.2. The minimum atomic E-state index is -0.817. The van der Waals surface area contributed by atoms with Gasteiger partial charge in [0, 0.05) is 25.6 Å². The number of fused-ring (bicyclic) bond motifs is 2. The Bertz CT molecular complexity index is 673. The standard InChI is InChI=1S/C19H23NO4/c21-17(16-7-3-5-13-4-1-2-6-15(13)16)20-10-14-11-24-9-8-19(14,12-20)18(22)23/h1-2,4,6,14,16H,3,5,7-12H2,(H,22,23)/t14-,16?,19+/m0/s1. The van der Waals surface area contributed by atoms with Gasteiger partial charge in [-0.2, -0.15) is 0 Å². The summed E-state index contributed by atoms with van der Waals surface area (Å²) in [7, 11) is 0. The van der Waals surface area contributed by atoms with E-state index < -0.39 is 11.4 Å². The van der Waals surface area contributed by atoms with Crippen molar-refractivity contribution in [2.45, 2.75) is 31.6 Å². The second-order valence-electron chi connectivity index (χ2n) is 7.35. The highest BCUT2D eigenvalue weighted by molar-refractivity contribution is 5.86. The van der Waals surface area contributed by atoms with E-state index in [9.17, 15) is 14.7 Å². The molecule has 1 amide bonds. The average Bonchev–Trinajstić information content (AvgIpc) is 3.02. The van der Waals surface area contributed by atoms with Crippen LogP contribution in [0.25, 0.3) is 0 Å². The number of aryl methyl sites for hydroxylation is 1. The van der Waals surface area contributed by atoms with E-state index in [0.717, 1.165) is 24.8 Å². The summed E-state index contributed by atoms with van der Waals surface area (Å²) < 4.78 is 5.49. The van der Waals surface area contributed by atoms with Crippen LogP contribution in [0.5, 0.6) is 0 Å². The largest absolute Gasteiger partial charge is 0.481 e. The zero-order valence-corrected chi connectivity index (χ0v) is 13.7. The van der Waals surface area contributed by atoms with Gasteiger partial charge in [0.1, 0.15) is 0 Å². The number of carboxylic acid groups (broad SMARTS) is 1. The van der Waals surface area contributed by atoms with E-state index in [0.29, 0.717) is 32.7 Å². The van der Waals surface area contributed by atoms with Crippen molar-refractivity contribution in [1.29, 1.82) is 0 Å². The zero-order valence-electron chi connectivity index (χ0n) is 13.7. The fraction of sp³-hybridized carbons (Fsp3) is 0.579. The highest BCUT2D eigenvalue weighted by Gasteiger charge is 2.55. The van der Waals surface area contributed by atoms with Gasteiger partial charge in [0.2, 0.25) is 5.91 Å². The summed E-state index contributed by atoms with van der Waals surface area (Å²) >= 11 is 0. The highest BCUT2D eigenvalue weighted by Crippen LogP contribution is 2.44. The molecule has 2 aliphatic heterocycles. The molecule has 5 nitrogen and oxygen atoms in total. The fourth-order valence-corrected chi connectivity index (χ4v) is 4.70. The van der Waals surface area contributed by atoms with Crippen LogP contribution in [0.2, 0.25) is 0 Å². The van der Waals surface area contributed by atoms with Gasteiger partial charge in [-0.15, -0.1) is 0 Å². The number of hydrogen-bond acceptors (Lipinski definition) is 3. The molecule has 24 heavy (non-hydrogen) atoms. The summed E-state index contributed by atoms with van der Waals surface area (Å²) in [5.41, 5.74) is 1.57. The van der Waals surface area contributed by atoms with Crippen molar-refractivity contribution in [3.63, 3.8) is 0 Å². The lowest BCUT2D eigenvalue weighted by molar-refractivity contribution is -0.157. The van der Waals surface area contributed by atoms with E-state index >= 15 is 0 Å². The summed E-state index contributed by atoms with van der Waals surface area (Å²) in [6, 6.07) is 8.16. The van der Waals surface area contributed by atoms with Gasteiger partial charge >= 0.3 is 5.97 Å². The smallest absolute Gasteiger partial charge is 0.311 e. The Morgan fingerprint density at radius 1 is 1.29 bits per heavy atom. The van der Waals surface area contributed by atoms with Crippen molar-refractivity contribution in [2.24, 2.45) is 11.3 Å². The van der Waals surface area contributed by atoms with Crippen LogP contribution in [0.3, 0.4) is 0 Å². The molecule has 0 radical (unpaired) electrons. The van der Waals surface area contributed by atoms with Gasteiger partial charge in [0.25, 0.3) is 0 Å². The molecule has 128 valence electrons. The average molecular weight is 329 g/mol. The number of likely N-dealkylation sites (tertiary alicyclic amines) is 1. The highest BCUT2D eigenvalue weighted by atomic mass is 16.5. The SMILES string of the molecule is O=C(C1CCCc2ccccc21)N1C[C@H]2COCC[C@@]2(C(=O)O)C1. The van der Waals surface area contributed by atoms with Gasteiger partial charge in [0.05, 0.1) is 17.9 Å². The van der Waals surface area contributed by atoms with Crippen molar-refractivity contribution in [3.8, 4) is 0 Å². The van der Waals surface area contributed by atoms with Crippen molar-refractivity contribution in [1.82, 2.24) is 4.90 Å². The van der Waals surface area contributed by atoms with E-state index in [1.165, 1.54) is 5.56 Å². The lowest BCUT2D eigenvalue weighted by Crippen LogP contribution is -2.45. The predicted octanol–water partition coefficient (Wildman–Crippen LogP) is 2.06. The number of aliphatic carboxylic acids is 1. The van der Waals surface area contributed by atoms with Gasteiger partial charge in [0.15, 0.2) is 0 Å². The first-order valence-corrected chi connectivity index (χ1v) is 8.79. The monoisotopic (exact) mass is 329 g/mol. The van der Waals surface area contributed by atoms with Crippen molar-refractivity contribution in [3.05, 3.63) is 35.4 Å². The molecule has 1 aromatic rings. The first kappa shape index (κ1) is 15.6. The minimum absolute atomic E-state index is 0.0912. The molecule has 1 unspecified atom stereocenters. The Hall–Kier alpha value is -1.88. The van der Waals surface area contributed by atoms with E-state index in [2.05, 4.69) is 12.1 Å². The number of carboxylic acids is 1. The normalized spacial score (nSPS) is 32.1. The second-order valence-corrected chi connectivity index (χ2v) is 7.35. The molecule has 5 heteroatoms. The first-order valence-electron chi connectivity index (χ1n) is 8.79. The van der Waals surface area contributed by atoms with Gasteiger partial charge in [-0.05, 0) is 36.8 Å². The lowest BCUT2D eigenvalue weighted by Gasteiger charge is -2.34. The second kappa shape index (κ2) is 5.88. The Labute approximate surface area is 141 Å². The van der Waals surface area contributed by atoms with E-state index in [4.69, 9.17) is 4.74 Å². The Balaban J connectivity index is 1.59. The molecule has 1 aliphatic carbocycles. The van der Waals surface area contributed by atoms with Crippen LogP contribution in [0, 0.1) is 11.3 Å². The number of benzene rings is 1. The topological polar surface area (TPSA) is 66.8 Å². The lowest BCUT2D eigenvalue weighted by atomic mass is 9.74. The minimum Gasteiger partial charge on any atom is -0.481 e. The fourth-order valence-electron chi connectivity index (χ4n) is 4.70. The summed E-state index contributed by atoms with van der Waals surface area (Å²) in [6.45, 7) is 1.74. The molecule has 1 N–H and O–H groups in total. The summed E-state index contributed by atoms with van der Waals surface area (Å²) in [5, 5.41) is 9.77. The molecule has 2 saturated heterocycles. The number of hydrogen-bond donors (Lipinski definition) is 1. The van der Waals surface area contributed by atoms with Crippen molar-refractivity contribution < 1.29 is 19.4 Å². The van der Waals surface area contributed by atoms with Crippen LogP contribution >= 0.6 is 0 Å². The van der Waals surface area contributed by atoms with Gasteiger partial charge < -0.3 is 14.7 Å². The molecule has 0 spiro atoms. The molecule has 0 saturated carbocycles. The molecule has 3 aliphatic rings. The van der Waals surface area contributed by atoms with Crippen LogP contribution < -0.4 is 0 Å². The third-order valence-electron chi connectivity index (χ3n) is 6.11. The summed E-state index contributed by atoms with van der Waals surface area (Å²) in [4.78, 5) is 26.9. The maximum atomic E-state index is 13.2. The zero-order chi connectivity index (χ0) is 16.7. The number of amides is 1. The molecule has 2 heterocycles. The number of ether oxygens (including phenoxy) is 1. The molecule has 3 atom stereocenters. The van der Waals surface area contributed by atoms with Crippen LogP contribution in [0.1, 0.15) is 36.3 Å². The van der Waals surface area contributed by atoms with Crippen LogP contribution in [-0.4, -0.2) is 48.2 Å². The number of rotatable bonds is 2. The molecular formula is C19H23NO4. The number of nitrogens with zero attached hydrogens (tertiary/aromatic N) is 1. The van der Waals surface area contributed by atoms with E-state index in [-0.39, 0.29) is 17.7 Å². The summed E-state index contributed by atoms with van der Waals surface area (Å²) in [6.07, 6.45) is 3.39. The van der Waals surface area contributed by atoms with Gasteiger partial charge in [-0.1, -0.05) is 24.3 Å². The van der Waals surface area contributed by atoms with E-state index in [1.54, 1.807) is 4.90 Å². The van der Waals surface area contributed by atoms with Crippen LogP contribution in [0.4, 0.5) is 0 Å². The predicted molar refractivity (Wildman–Crippen MR) is 87.7 cm³/mol. The molecule has 0 bridgehead atoms. The number of carbonyl (C=O) groups excluding carboxylic acids is 1. The first-order chi connectivity index (χ1) is 11.6. The summed E-state index contributed by atoms with van der Waals surface area (Å²) in [5.74, 6) is -0.902. The Kier molecular flexibility index (Phi) is 3.83. The van der Waals surface area contributed by atoms with E-state index in [1.807, 2.05) is 12.1 Å². The van der Waals surface area contributed by atoms with Crippen LogP contribution in [0.15, 0.2) is 24.3 Å². The number of carbonyl (C=O) groups is 2. The van der Waals surface area contributed by atoms with Gasteiger partial charge in [-0.3, -0.25) is 9.59 Å². The maximum Gasteiger partial charge on any atom is 0.311 e. The van der Waals surface area contributed by atoms with Gasteiger partial charge in [-0.25, -0.2) is 0 Å². The third kappa shape index (κ3) is 2.34. The molecular weight excluding hydrogens is 306 g/mol. The quantitative estimate of drug-likeness (QED) is 0.902.